The van der Waals surface area contributed by atoms with E-state index in [4.69, 9.17) is 4.98 Å². The lowest BCUT2D eigenvalue weighted by molar-refractivity contribution is -0.917. The molecule has 0 spiro atoms. The Hall–Kier alpha value is -3.03. The molecule has 0 aliphatic carbocycles. The van der Waals surface area contributed by atoms with Crippen LogP contribution in [0.4, 0.5) is 0 Å². The zero-order valence-corrected chi connectivity index (χ0v) is 17.7. The summed E-state index contributed by atoms with van der Waals surface area (Å²) in [4.78, 5) is 21.1. The number of carbonyl (C=O) groups is 1. The summed E-state index contributed by atoms with van der Waals surface area (Å²) in [7, 11) is 0. The van der Waals surface area contributed by atoms with Crippen molar-refractivity contribution in [1.29, 1.82) is 0 Å². The molecule has 1 saturated heterocycles. The molecule has 3 heterocycles. The molecule has 7 heteroatoms. The van der Waals surface area contributed by atoms with E-state index in [-0.39, 0.29) is 5.91 Å². The van der Waals surface area contributed by atoms with Crippen molar-refractivity contribution in [3.8, 4) is 5.69 Å². The largest absolute Gasteiger partial charge is 0.327 e. The predicted molar refractivity (Wildman–Crippen MR) is 118 cm³/mol. The molecule has 1 N–H and O–H groups in total. The number of nitrogens with zero attached hydrogens (tertiary/aromatic N) is 4. The summed E-state index contributed by atoms with van der Waals surface area (Å²) in [5, 5.41) is 5.50. The highest BCUT2D eigenvalue weighted by Crippen LogP contribution is 2.21. The highest BCUT2D eigenvalue weighted by Gasteiger charge is 2.25. The van der Waals surface area contributed by atoms with Gasteiger partial charge in [0, 0.05) is 17.5 Å². The van der Waals surface area contributed by atoms with Crippen LogP contribution in [0.25, 0.3) is 15.9 Å². The number of aryl methyl sites for hydroxylation is 1. The molecule has 1 aliphatic rings. The number of rotatable bonds is 4. The van der Waals surface area contributed by atoms with Crippen molar-refractivity contribution in [2.24, 2.45) is 0 Å². The molecule has 4 aromatic rings. The lowest BCUT2D eigenvalue weighted by Gasteiger charge is -2.31. The van der Waals surface area contributed by atoms with Gasteiger partial charge in [0.1, 0.15) is 11.6 Å². The molecule has 2 aromatic heterocycles. The van der Waals surface area contributed by atoms with Crippen molar-refractivity contribution in [3.63, 3.8) is 0 Å². The van der Waals surface area contributed by atoms with Crippen LogP contribution >= 0.6 is 11.3 Å². The van der Waals surface area contributed by atoms with Crippen LogP contribution in [0.1, 0.15) is 21.1 Å². The van der Waals surface area contributed by atoms with Crippen LogP contribution in [0.2, 0.25) is 0 Å². The minimum atomic E-state index is 0.109. The first-order chi connectivity index (χ1) is 14.7. The molecule has 0 saturated carbocycles. The van der Waals surface area contributed by atoms with E-state index in [1.54, 1.807) is 17.5 Å². The summed E-state index contributed by atoms with van der Waals surface area (Å²) in [5.41, 5.74) is 3.86. The maximum absolute atomic E-state index is 12.9. The topological polar surface area (TPSA) is 55.5 Å². The minimum absolute atomic E-state index is 0.109. The van der Waals surface area contributed by atoms with E-state index in [2.05, 4.69) is 23.3 Å². The lowest BCUT2D eigenvalue weighted by atomic mass is 10.1. The van der Waals surface area contributed by atoms with Gasteiger partial charge in [0.05, 0.1) is 42.1 Å². The Balaban J connectivity index is 1.20. The van der Waals surface area contributed by atoms with Gasteiger partial charge >= 0.3 is 0 Å². The van der Waals surface area contributed by atoms with Crippen molar-refractivity contribution in [2.75, 3.05) is 26.2 Å². The minimum Gasteiger partial charge on any atom is -0.327 e. The molecule has 30 heavy (non-hydrogen) atoms. The Labute approximate surface area is 179 Å². The molecule has 1 amide bonds. The quantitative estimate of drug-likeness (QED) is 0.554. The molecule has 1 fully saturated rings. The predicted octanol–water partition coefficient (Wildman–Crippen LogP) is 2.33. The Morgan fingerprint density at radius 2 is 1.83 bits per heavy atom. The van der Waals surface area contributed by atoms with Crippen LogP contribution in [0.5, 0.6) is 0 Å². The second-order valence-corrected chi connectivity index (χ2v) is 8.84. The van der Waals surface area contributed by atoms with Crippen molar-refractivity contribution < 1.29 is 9.69 Å². The number of hydrogen-bond acceptors (Lipinski definition) is 4. The number of thiazole rings is 1. The van der Waals surface area contributed by atoms with Gasteiger partial charge in [-0.3, -0.25) is 4.79 Å². The van der Waals surface area contributed by atoms with Crippen molar-refractivity contribution in [2.45, 2.75) is 13.5 Å². The third-order valence-electron chi connectivity index (χ3n) is 5.69. The Bertz CT molecular complexity index is 1140. The highest BCUT2D eigenvalue weighted by molar-refractivity contribution is 7.18. The van der Waals surface area contributed by atoms with Gasteiger partial charge in [-0.1, -0.05) is 12.1 Å². The number of carbonyl (C=O) groups excluding carboxylic acids is 1. The number of aromatic nitrogens is 3. The van der Waals surface area contributed by atoms with Gasteiger partial charge in [0.15, 0.2) is 0 Å². The monoisotopic (exact) mass is 418 g/mol. The van der Waals surface area contributed by atoms with Crippen LogP contribution in [-0.2, 0) is 6.54 Å². The number of nitrogens with one attached hydrogen (secondary N) is 1. The van der Waals surface area contributed by atoms with Crippen molar-refractivity contribution >= 4 is 27.5 Å². The summed E-state index contributed by atoms with van der Waals surface area (Å²) in [6.45, 7) is 6.40. The van der Waals surface area contributed by atoms with E-state index in [1.807, 2.05) is 52.9 Å². The Morgan fingerprint density at radius 1 is 1.07 bits per heavy atom. The van der Waals surface area contributed by atoms with Crippen LogP contribution in [0.15, 0.2) is 60.8 Å². The third kappa shape index (κ3) is 3.74. The van der Waals surface area contributed by atoms with Crippen molar-refractivity contribution in [3.05, 3.63) is 77.1 Å². The molecule has 152 valence electrons. The first-order valence-electron chi connectivity index (χ1n) is 10.3. The number of fused-ring (bicyclic) bond motifs is 1. The summed E-state index contributed by atoms with van der Waals surface area (Å²) < 4.78 is 3.12. The third-order valence-corrected chi connectivity index (χ3v) is 6.72. The van der Waals surface area contributed by atoms with Gasteiger partial charge in [-0.15, -0.1) is 11.3 Å². The second kappa shape index (κ2) is 8.01. The lowest BCUT2D eigenvalue weighted by Crippen LogP contribution is -3.13. The molecular formula is C23H24N5OS+. The second-order valence-electron chi connectivity index (χ2n) is 7.73. The molecule has 1 aliphatic heterocycles. The summed E-state index contributed by atoms with van der Waals surface area (Å²) >= 11 is 1.78. The number of para-hydroxylation sites is 1. The van der Waals surface area contributed by atoms with Gasteiger partial charge in [0.25, 0.3) is 5.91 Å². The smallest absolute Gasteiger partial charge is 0.254 e. The highest BCUT2D eigenvalue weighted by atomic mass is 32.1. The first kappa shape index (κ1) is 19.0. The van der Waals surface area contributed by atoms with E-state index in [0.29, 0.717) is 0 Å². The number of piperazine rings is 1. The van der Waals surface area contributed by atoms with Crippen LogP contribution in [0, 0.1) is 6.92 Å². The number of amides is 1. The maximum atomic E-state index is 12.9. The average Bonchev–Trinajstić information content (AvgIpc) is 3.39. The molecule has 5 rings (SSSR count). The zero-order chi connectivity index (χ0) is 20.5. The number of quaternary nitrogens is 1. The van der Waals surface area contributed by atoms with E-state index in [9.17, 15) is 4.79 Å². The van der Waals surface area contributed by atoms with Crippen molar-refractivity contribution in [1.82, 2.24) is 19.7 Å². The standard InChI is InChI=1S/C23H23N5OS/c1-17-10-11-24-28(17)19-8-6-18(7-9-19)23(29)27-14-12-26(13-15-27)16-22-25-20-4-2-3-5-21(20)30-22/h2-11H,12-16H2,1H3/p+1. The molecule has 0 radical (unpaired) electrons. The first-order valence-corrected chi connectivity index (χ1v) is 11.1. The van der Waals surface area contributed by atoms with Crippen LogP contribution in [-0.4, -0.2) is 51.8 Å². The molecule has 2 aromatic carbocycles. The maximum Gasteiger partial charge on any atom is 0.254 e. The normalized spacial score (nSPS) is 15.0. The van der Waals surface area contributed by atoms with E-state index in [0.717, 1.165) is 55.2 Å². The molecule has 6 nitrogen and oxygen atoms in total. The summed E-state index contributed by atoms with van der Waals surface area (Å²) in [6, 6.07) is 18.0. The van der Waals surface area contributed by atoms with Gasteiger partial charge < -0.3 is 9.80 Å². The Kier molecular flexibility index (Phi) is 5.06. The summed E-state index contributed by atoms with van der Waals surface area (Å²) in [5.74, 6) is 0.109. The SMILES string of the molecule is Cc1ccnn1-c1ccc(C(=O)N2CC[NH+](Cc3nc4ccccc4s3)CC2)cc1. The van der Waals surface area contributed by atoms with E-state index < -0.39 is 0 Å². The average molecular weight is 419 g/mol. The van der Waals surface area contributed by atoms with Crippen LogP contribution in [0.3, 0.4) is 0 Å². The van der Waals surface area contributed by atoms with E-state index >= 15 is 0 Å². The molecule has 0 unspecified atom stereocenters. The number of benzene rings is 2. The van der Waals surface area contributed by atoms with Gasteiger partial charge in [-0.05, 0) is 49.4 Å². The van der Waals surface area contributed by atoms with Gasteiger partial charge in [-0.25, -0.2) is 9.67 Å². The molecular weight excluding hydrogens is 394 g/mol. The summed E-state index contributed by atoms with van der Waals surface area (Å²) in [6.07, 6.45) is 1.78. The fraction of sp³-hybridized carbons (Fsp3) is 0.261. The molecule has 0 atom stereocenters. The molecule has 0 bridgehead atoms. The number of hydrogen-bond donors (Lipinski definition) is 1. The van der Waals surface area contributed by atoms with E-state index in [1.165, 1.54) is 14.6 Å². The van der Waals surface area contributed by atoms with Gasteiger partial charge in [-0.2, -0.15) is 5.10 Å². The van der Waals surface area contributed by atoms with Gasteiger partial charge in [0.2, 0.25) is 0 Å². The Morgan fingerprint density at radius 3 is 2.53 bits per heavy atom. The van der Waals surface area contributed by atoms with Crippen LogP contribution < -0.4 is 4.90 Å². The fourth-order valence-corrected chi connectivity index (χ4v) is 5.02. The zero-order valence-electron chi connectivity index (χ0n) is 16.9. The fourth-order valence-electron chi connectivity index (χ4n) is 3.98.